The van der Waals surface area contributed by atoms with E-state index in [2.05, 4.69) is 41.6 Å². The fourth-order valence-corrected chi connectivity index (χ4v) is 1.93. The van der Waals surface area contributed by atoms with E-state index in [0.717, 1.165) is 0 Å². The molecule has 0 bridgehead atoms. The van der Waals surface area contributed by atoms with Gasteiger partial charge in [0.05, 0.1) is 0 Å². The molecular formula is C6H2Br2F2INO. The fourth-order valence-electron chi connectivity index (χ4n) is 0.600. The SMILES string of the molecule is FC(F)(Br)Oc1ccc(I)nc1Br. The van der Waals surface area contributed by atoms with Crippen molar-refractivity contribution in [1.82, 2.24) is 4.98 Å². The summed E-state index contributed by atoms with van der Waals surface area (Å²) in [6.07, 6.45) is 0. The van der Waals surface area contributed by atoms with Crippen LogP contribution in [0.1, 0.15) is 0 Å². The zero-order chi connectivity index (χ0) is 10.1. The molecular weight excluding hydrogens is 427 g/mol. The van der Waals surface area contributed by atoms with E-state index in [4.69, 9.17) is 0 Å². The minimum atomic E-state index is -3.37. The molecule has 13 heavy (non-hydrogen) atoms. The van der Waals surface area contributed by atoms with Crippen LogP contribution in [0.5, 0.6) is 5.75 Å². The number of aromatic nitrogens is 1. The van der Waals surface area contributed by atoms with Crippen LogP contribution in [0.15, 0.2) is 16.7 Å². The summed E-state index contributed by atoms with van der Waals surface area (Å²) in [5.74, 6) is -0.0118. The smallest absolute Gasteiger partial charge is 0.421 e. The number of hydrogen-bond acceptors (Lipinski definition) is 2. The molecule has 7 heteroatoms. The Morgan fingerprint density at radius 3 is 2.54 bits per heavy atom. The molecule has 0 amide bonds. The first-order valence-electron chi connectivity index (χ1n) is 2.96. The molecule has 0 radical (unpaired) electrons. The average Bonchev–Trinajstić information content (AvgIpc) is 1.93. The number of rotatable bonds is 2. The van der Waals surface area contributed by atoms with Gasteiger partial charge in [-0.05, 0) is 50.7 Å². The van der Waals surface area contributed by atoms with E-state index in [1.807, 2.05) is 22.6 Å². The molecule has 0 spiro atoms. The summed E-state index contributed by atoms with van der Waals surface area (Å²) in [7, 11) is 0. The first kappa shape index (κ1) is 11.6. The normalized spacial score (nSPS) is 11.5. The molecule has 1 aromatic rings. The molecule has 72 valence electrons. The van der Waals surface area contributed by atoms with E-state index >= 15 is 0 Å². The second-order valence-electron chi connectivity index (χ2n) is 1.97. The molecule has 0 atom stereocenters. The van der Waals surface area contributed by atoms with E-state index < -0.39 is 5.02 Å². The molecule has 1 rings (SSSR count). The Bertz CT molecular complexity index is 318. The third-order valence-electron chi connectivity index (χ3n) is 1.01. The lowest BCUT2D eigenvalue weighted by atomic mass is 10.5. The van der Waals surface area contributed by atoms with Crippen LogP contribution in [-0.2, 0) is 0 Å². The average molecular weight is 429 g/mol. The van der Waals surface area contributed by atoms with Crippen LogP contribution in [0.4, 0.5) is 8.78 Å². The Kier molecular flexibility index (Phi) is 3.87. The van der Waals surface area contributed by atoms with Crippen LogP contribution >= 0.6 is 54.5 Å². The van der Waals surface area contributed by atoms with E-state index in [1.54, 1.807) is 6.07 Å². The molecule has 2 nitrogen and oxygen atoms in total. The van der Waals surface area contributed by atoms with Crippen LogP contribution in [0.3, 0.4) is 0 Å². The van der Waals surface area contributed by atoms with Gasteiger partial charge in [-0.3, -0.25) is 0 Å². The van der Waals surface area contributed by atoms with Gasteiger partial charge in [0.1, 0.15) is 8.30 Å². The maximum absolute atomic E-state index is 12.3. The zero-order valence-corrected chi connectivity index (χ0v) is 11.2. The van der Waals surface area contributed by atoms with Crippen molar-refractivity contribution < 1.29 is 13.5 Å². The fraction of sp³-hybridized carbons (Fsp3) is 0.167. The minimum absolute atomic E-state index is 0.0118. The number of ether oxygens (including phenoxy) is 1. The molecule has 0 saturated carbocycles. The monoisotopic (exact) mass is 427 g/mol. The predicted molar refractivity (Wildman–Crippen MR) is 59.2 cm³/mol. The lowest BCUT2D eigenvalue weighted by Gasteiger charge is -2.11. The van der Waals surface area contributed by atoms with Gasteiger partial charge in [0.15, 0.2) is 5.75 Å². The highest BCUT2D eigenvalue weighted by molar-refractivity contribution is 14.1. The molecule has 0 aliphatic carbocycles. The van der Waals surface area contributed by atoms with Crippen molar-refractivity contribution in [3.8, 4) is 5.75 Å². The lowest BCUT2D eigenvalue weighted by Crippen LogP contribution is -2.15. The lowest BCUT2D eigenvalue weighted by molar-refractivity contribution is -0.0810. The van der Waals surface area contributed by atoms with E-state index in [-0.39, 0.29) is 10.4 Å². The molecule has 0 unspecified atom stereocenters. The molecule has 0 aromatic carbocycles. The summed E-state index contributed by atoms with van der Waals surface area (Å²) < 4.78 is 29.9. The summed E-state index contributed by atoms with van der Waals surface area (Å²) in [5.41, 5.74) is 0. The van der Waals surface area contributed by atoms with Crippen molar-refractivity contribution in [2.75, 3.05) is 0 Å². The van der Waals surface area contributed by atoms with E-state index in [1.165, 1.54) is 6.07 Å². The summed E-state index contributed by atoms with van der Waals surface area (Å²) in [4.78, 5) is 3.88. The van der Waals surface area contributed by atoms with Gasteiger partial charge in [0.2, 0.25) is 0 Å². The molecule has 0 aliphatic rings. The van der Waals surface area contributed by atoms with Gasteiger partial charge >= 0.3 is 5.02 Å². The topological polar surface area (TPSA) is 22.1 Å². The van der Waals surface area contributed by atoms with Crippen LogP contribution in [0.2, 0.25) is 0 Å². The highest BCUT2D eigenvalue weighted by Crippen LogP contribution is 2.31. The number of nitrogens with zero attached hydrogens (tertiary/aromatic N) is 1. The Labute approximate surface area is 103 Å². The van der Waals surface area contributed by atoms with Gasteiger partial charge in [0.25, 0.3) is 0 Å². The third-order valence-corrected chi connectivity index (χ3v) is 2.34. The van der Waals surface area contributed by atoms with Crippen molar-refractivity contribution in [1.29, 1.82) is 0 Å². The van der Waals surface area contributed by atoms with Crippen LogP contribution in [-0.4, -0.2) is 10.0 Å². The van der Waals surface area contributed by atoms with Crippen LogP contribution < -0.4 is 4.74 Å². The Morgan fingerprint density at radius 1 is 1.46 bits per heavy atom. The minimum Gasteiger partial charge on any atom is -0.421 e. The van der Waals surface area contributed by atoms with Crippen molar-refractivity contribution in [2.45, 2.75) is 5.02 Å². The standard InChI is InChI=1S/C6H2Br2F2INO/c7-5-3(13-6(8,9)10)1-2-4(11)12-5/h1-2H. The van der Waals surface area contributed by atoms with Crippen molar-refractivity contribution >= 4 is 54.5 Å². The van der Waals surface area contributed by atoms with Gasteiger partial charge < -0.3 is 4.74 Å². The molecule has 0 fully saturated rings. The molecule has 0 N–H and O–H groups in total. The van der Waals surface area contributed by atoms with Gasteiger partial charge in [0, 0.05) is 15.9 Å². The Hall–Kier alpha value is 0.500. The highest BCUT2D eigenvalue weighted by atomic mass is 127. The largest absolute Gasteiger partial charge is 0.459 e. The number of pyridine rings is 1. The zero-order valence-electron chi connectivity index (χ0n) is 5.90. The predicted octanol–water partition coefficient (Wildman–Crippen LogP) is 3.77. The molecule has 0 aliphatic heterocycles. The first-order valence-corrected chi connectivity index (χ1v) is 5.63. The number of alkyl halides is 3. The van der Waals surface area contributed by atoms with Crippen LogP contribution in [0.25, 0.3) is 0 Å². The summed E-state index contributed by atoms with van der Waals surface area (Å²) >= 11 is 7.03. The summed E-state index contributed by atoms with van der Waals surface area (Å²) in [6.45, 7) is 0. The summed E-state index contributed by atoms with van der Waals surface area (Å²) in [5, 5.41) is -3.37. The van der Waals surface area contributed by atoms with E-state index in [0.29, 0.717) is 3.70 Å². The third kappa shape index (κ3) is 4.03. The van der Waals surface area contributed by atoms with Gasteiger partial charge in [-0.25, -0.2) is 4.98 Å². The first-order chi connectivity index (χ1) is 5.88. The molecule has 1 heterocycles. The van der Waals surface area contributed by atoms with Crippen molar-refractivity contribution in [2.24, 2.45) is 0 Å². The second-order valence-corrected chi connectivity index (χ2v) is 4.75. The Balaban J connectivity index is 2.90. The highest BCUT2D eigenvalue weighted by Gasteiger charge is 2.27. The maximum Gasteiger partial charge on any atom is 0.459 e. The number of halogens is 5. The molecule has 1 aromatic heterocycles. The molecule has 0 saturated heterocycles. The second kappa shape index (κ2) is 4.35. The van der Waals surface area contributed by atoms with E-state index in [9.17, 15) is 8.78 Å². The summed E-state index contributed by atoms with van der Waals surface area (Å²) in [6, 6.07) is 2.98. The number of hydrogen-bond donors (Lipinski definition) is 0. The maximum atomic E-state index is 12.3. The van der Waals surface area contributed by atoms with Crippen molar-refractivity contribution in [3.05, 3.63) is 20.4 Å². The van der Waals surface area contributed by atoms with Gasteiger partial charge in [-0.1, -0.05) is 0 Å². The van der Waals surface area contributed by atoms with Crippen LogP contribution in [0, 0.1) is 3.70 Å². The van der Waals surface area contributed by atoms with Gasteiger partial charge in [-0.2, -0.15) is 8.78 Å². The van der Waals surface area contributed by atoms with Crippen molar-refractivity contribution in [3.63, 3.8) is 0 Å². The Morgan fingerprint density at radius 2 is 2.08 bits per heavy atom. The quantitative estimate of drug-likeness (QED) is 0.406. The van der Waals surface area contributed by atoms with Gasteiger partial charge in [-0.15, -0.1) is 0 Å².